The molecule has 13 aromatic rings. The van der Waals surface area contributed by atoms with Crippen molar-refractivity contribution in [3.8, 4) is 123 Å². The van der Waals surface area contributed by atoms with Crippen molar-refractivity contribution in [2.24, 2.45) is 0 Å². The highest BCUT2D eigenvalue weighted by molar-refractivity contribution is 6.02. The molecule has 13 aromatic carbocycles. The van der Waals surface area contributed by atoms with Crippen LogP contribution in [0, 0.1) is 0 Å². The Balaban J connectivity index is 0.675. The largest absolute Gasteiger partial charge is 0.453 e. The standard InChI is InChI=1S/C117H123NO/c1-9-13-17-21-25-39-70-116(69-38-24-20-16-12-4)101-51-36-34-47-93(101)99-65-57-87(77-107(99)116)83-53-61-95-97-63-55-85(75-105(97)114(5,6)103(95)73-83)89-59-67-109-111(79-89)119-112-80-90(60-68-110(112)118(109)113-91(81-43-30-28-31-44-81)49-42-50-92(113)82-45-32-29-33-46-82)86-56-64-98-96-62-54-84(74-104(96)115(7,8)106(98)76-86)88-58-66-100-94-48-35-37-52-102(94)117(108(100)78-88,71-40-26-22-18-14-10-2)72-41-27-23-19-15-11-3/h28-37,42-68,73-80H,9-27,38-41,69-72H2,1-8H3. The van der Waals surface area contributed by atoms with Crippen molar-refractivity contribution in [3.63, 3.8) is 0 Å². The molecule has 1 aliphatic heterocycles. The summed E-state index contributed by atoms with van der Waals surface area (Å²) in [6, 6.07) is 106. The first kappa shape index (κ1) is 79.6. The van der Waals surface area contributed by atoms with Gasteiger partial charge in [0.05, 0.1) is 17.1 Å². The Hall–Kier alpha value is -10.5. The van der Waals surface area contributed by atoms with E-state index in [2.05, 4.69) is 333 Å². The minimum atomic E-state index is -0.252. The van der Waals surface area contributed by atoms with Gasteiger partial charge in [-0.15, -0.1) is 0 Å². The quantitative estimate of drug-likeness (QED) is 0.0373. The minimum absolute atomic E-state index is 0.0277. The maximum absolute atomic E-state index is 7.54. The molecule has 0 saturated carbocycles. The number of anilines is 3. The first-order valence-electron chi connectivity index (χ1n) is 46.4. The fraction of sp³-hybridized carbons (Fsp3) is 0.333. The third kappa shape index (κ3) is 14.8. The molecule has 2 heteroatoms. The highest BCUT2D eigenvalue weighted by Gasteiger charge is 2.46. The van der Waals surface area contributed by atoms with Crippen molar-refractivity contribution < 1.29 is 4.74 Å². The molecule has 0 spiro atoms. The Morgan fingerprint density at radius 1 is 0.210 bits per heavy atom. The average molecular weight is 1560 g/mol. The lowest BCUT2D eigenvalue weighted by Gasteiger charge is -2.36. The summed E-state index contributed by atoms with van der Waals surface area (Å²) < 4.78 is 7.54. The van der Waals surface area contributed by atoms with Gasteiger partial charge in [0, 0.05) is 32.8 Å². The first-order valence-corrected chi connectivity index (χ1v) is 46.4. The Labute approximate surface area is 712 Å². The zero-order valence-corrected chi connectivity index (χ0v) is 72.4. The predicted molar refractivity (Wildman–Crippen MR) is 509 cm³/mol. The fourth-order valence-corrected chi connectivity index (χ4v) is 22.3. The molecule has 0 aromatic heterocycles. The Morgan fingerprint density at radius 2 is 0.462 bits per heavy atom. The molecule has 1 heterocycles. The van der Waals surface area contributed by atoms with Crippen LogP contribution in [0.3, 0.4) is 0 Å². The Kier molecular flexibility index (Phi) is 22.9. The van der Waals surface area contributed by atoms with Crippen LogP contribution in [0.5, 0.6) is 11.5 Å². The number of fused-ring (bicyclic) bond motifs is 14. The molecule has 0 N–H and O–H groups in total. The normalized spacial score (nSPS) is 15.4. The second-order valence-electron chi connectivity index (χ2n) is 37.0. The summed E-state index contributed by atoms with van der Waals surface area (Å²) >= 11 is 0. The Morgan fingerprint density at radius 3 is 0.790 bits per heavy atom. The van der Waals surface area contributed by atoms with Crippen LogP contribution in [0.4, 0.5) is 17.1 Å². The monoisotopic (exact) mass is 1560 g/mol. The van der Waals surface area contributed by atoms with E-state index in [1.807, 2.05) is 0 Å². The number of ether oxygens (including phenoxy) is 1. The molecule has 18 rings (SSSR count). The van der Waals surface area contributed by atoms with E-state index in [1.54, 1.807) is 22.3 Å². The maximum Gasteiger partial charge on any atom is 0.152 e. The summed E-state index contributed by atoms with van der Waals surface area (Å²) in [6.07, 6.45) is 35.1. The molecule has 0 amide bonds. The van der Waals surface area contributed by atoms with Crippen molar-refractivity contribution in [2.45, 2.75) is 250 Å². The molecule has 0 saturated heterocycles. The van der Waals surface area contributed by atoms with Crippen molar-refractivity contribution in [2.75, 3.05) is 4.90 Å². The molecule has 119 heavy (non-hydrogen) atoms. The van der Waals surface area contributed by atoms with Gasteiger partial charge < -0.3 is 9.64 Å². The number of unbranched alkanes of at least 4 members (excludes halogenated alkanes) is 19. The topological polar surface area (TPSA) is 12.5 Å². The third-order valence-corrected chi connectivity index (χ3v) is 28.9. The van der Waals surface area contributed by atoms with Crippen LogP contribution >= 0.6 is 0 Å². The van der Waals surface area contributed by atoms with Crippen molar-refractivity contribution in [1.82, 2.24) is 0 Å². The molecule has 0 radical (unpaired) electrons. The lowest BCUT2D eigenvalue weighted by Crippen LogP contribution is -2.25. The van der Waals surface area contributed by atoms with Gasteiger partial charge in [-0.25, -0.2) is 0 Å². The number of hydrogen-bond donors (Lipinski definition) is 0. The highest BCUT2D eigenvalue weighted by Crippen LogP contribution is 2.61. The molecule has 0 fully saturated rings. The number of rotatable bonds is 34. The highest BCUT2D eigenvalue weighted by atomic mass is 16.5. The summed E-state index contributed by atoms with van der Waals surface area (Å²) in [5.41, 5.74) is 40.1. The van der Waals surface area contributed by atoms with E-state index in [-0.39, 0.29) is 21.7 Å². The molecule has 5 aliphatic rings. The molecular weight excluding hydrogens is 1440 g/mol. The van der Waals surface area contributed by atoms with Gasteiger partial charge in [-0.1, -0.05) is 415 Å². The van der Waals surface area contributed by atoms with Gasteiger partial charge in [-0.3, -0.25) is 0 Å². The molecular formula is C117H123NO. The summed E-state index contributed by atoms with van der Waals surface area (Å²) in [7, 11) is 0. The molecule has 2 nitrogen and oxygen atoms in total. The zero-order valence-electron chi connectivity index (χ0n) is 72.4. The number of benzene rings is 13. The summed E-state index contributed by atoms with van der Waals surface area (Å²) in [5, 5.41) is 0. The van der Waals surface area contributed by atoms with E-state index < -0.39 is 0 Å². The van der Waals surface area contributed by atoms with E-state index in [0.29, 0.717) is 0 Å². The summed E-state index contributed by atoms with van der Waals surface area (Å²) in [5.74, 6) is 1.64. The van der Waals surface area contributed by atoms with Crippen LogP contribution in [0.2, 0.25) is 0 Å². The summed E-state index contributed by atoms with van der Waals surface area (Å²) in [4.78, 5) is 2.50. The molecule has 4 aliphatic carbocycles. The van der Waals surface area contributed by atoms with E-state index in [4.69, 9.17) is 4.74 Å². The fourth-order valence-electron chi connectivity index (χ4n) is 22.3. The Bertz CT molecular complexity index is 5720. The second kappa shape index (κ2) is 34.3. The van der Waals surface area contributed by atoms with Gasteiger partial charge in [0.15, 0.2) is 11.5 Å². The smallest absolute Gasteiger partial charge is 0.152 e. The number of hydrogen-bond acceptors (Lipinski definition) is 2. The zero-order chi connectivity index (χ0) is 81.2. The summed E-state index contributed by atoms with van der Waals surface area (Å²) in [6.45, 7) is 19.1. The lowest BCUT2D eigenvalue weighted by atomic mass is 9.70. The van der Waals surface area contributed by atoms with Crippen molar-refractivity contribution in [3.05, 3.63) is 317 Å². The number of para-hydroxylation sites is 1. The van der Waals surface area contributed by atoms with Crippen LogP contribution < -0.4 is 9.64 Å². The van der Waals surface area contributed by atoms with E-state index in [9.17, 15) is 0 Å². The van der Waals surface area contributed by atoms with Crippen LogP contribution in [0.25, 0.3) is 111 Å². The van der Waals surface area contributed by atoms with Crippen LogP contribution in [0.15, 0.2) is 273 Å². The van der Waals surface area contributed by atoms with Crippen molar-refractivity contribution >= 4 is 17.1 Å². The average Bonchev–Trinajstić information content (AvgIpc) is 1.48. The van der Waals surface area contributed by atoms with Crippen LogP contribution in [-0.4, -0.2) is 0 Å². The molecule has 0 bridgehead atoms. The first-order chi connectivity index (χ1) is 58.3. The van der Waals surface area contributed by atoms with Crippen LogP contribution in [-0.2, 0) is 21.7 Å². The maximum atomic E-state index is 7.54. The minimum Gasteiger partial charge on any atom is -0.453 e. The van der Waals surface area contributed by atoms with Crippen molar-refractivity contribution in [1.29, 1.82) is 0 Å². The third-order valence-electron chi connectivity index (χ3n) is 28.9. The molecule has 1 unspecified atom stereocenters. The van der Waals surface area contributed by atoms with Crippen LogP contribution in [0.1, 0.15) is 273 Å². The van der Waals surface area contributed by atoms with E-state index >= 15 is 0 Å². The van der Waals surface area contributed by atoms with Gasteiger partial charge >= 0.3 is 0 Å². The van der Waals surface area contributed by atoms with E-state index in [1.165, 1.54) is 274 Å². The predicted octanol–water partition coefficient (Wildman–Crippen LogP) is 35.0. The second-order valence-corrected chi connectivity index (χ2v) is 37.0. The SMILES string of the molecule is CCCCCCCCC1(CCCCCCC)c2ccccc2-c2ccc(-c3ccc4c(c3)C(C)(C)c3cc(-c5ccc6c(c5)Oc5cc(-c7ccc8c(c7)C(C)(C)c7cc(-c9ccc%10c(c9)C(CCCCCCCC)(CCCCCCCC)c9ccccc9-%10)ccc7-8)ccc5N6c5c(-c6ccccc6)cccc5-c5ccccc5)ccc3-4)cc21. The van der Waals surface area contributed by atoms with E-state index in [0.717, 1.165) is 61.9 Å². The van der Waals surface area contributed by atoms with Gasteiger partial charge in [-0.05, 0) is 231 Å². The van der Waals surface area contributed by atoms with Gasteiger partial charge in [0.25, 0.3) is 0 Å². The lowest BCUT2D eigenvalue weighted by molar-refractivity contribution is 0.398. The van der Waals surface area contributed by atoms with Gasteiger partial charge in [-0.2, -0.15) is 0 Å². The van der Waals surface area contributed by atoms with Gasteiger partial charge in [0.2, 0.25) is 0 Å². The molecule has 602 valence electrons. The molecule has 1 atom stereocenters. The van der Waals surface area contributed by atoms with Gasteiger partial charge in [0.1, 0.15) is 0 Å². The number of nitrogens with zero attached hydrogens (tertiary/aromatic N) is 1.